The molecule has 4 amide bonds. The van der Waals surface area contributed by atoms with Gasteiger partial charge in [-0.25, -0.2) is 0 Å². The van der Waals surface area contributed by atoms with Crippen LogP contribution in [0.1, 0.15) is 29.5 Å². The van der Waals surface area contributed by atoms with E-state index in [1.807, 2.05) is 6.92 Å². The number of quaternary nitrogens is 1. The number of aryl methyl sites for hydroxylation is 1. The van der Waals surface area contributed by atoms with Crippen molar-refractivity contribution >= 4 is 52.5 Å². The number of primary amides is 1. The SMILES string of the molecule is Cc1cc(Cl)cc2c1NC(=O)[C@@]21[NH2+][C@H](CCC(N)=O)[C@H]2C(=O)N(Cc3ccccc3Cl)C(=O)[C@H]21. The summed E-state index contributed by atoms with van der Waals surface area (Å²) in [5, 5.41) is 5.55. The van der Waals surface area contributed by atoms with Crippen LogP contribution in [0, 0.1) is 18.8 Å². The number of likely N-dealkylation sites (tertiary alicyclic amines) is 1. The number of anilines is 1. The Balaban J connectivity index is 1.62. The maximum atomic E-state index is 13.8. The van der Waals surface area contributed by atoms with Gasteiger partial charge in [0.2, 0.25) is 23.3 Å². The third kappa shape index (κ3) is 3.24. The molecule has 5 rings (SSSR count). The minimum absolute atomic E-state index is 0.00596. The van der Waals surface area contributed by atoms with E-state index in [2.05, 4.69) is 5.32 Å². The molecule has 2 aromatic carbocycles. The number of fused-ring (bicyclic) bond motifs is 4. The van der Waals surface area contributed by atoms with Crippen LogP contribution < -0.4 is 16.4 Å². The van der Waals surface area contributed by atoms with Gasteiger partial charge in [0.25, 0.3) is 5.91 Å². The number of carbonyl (C=O) groups excluding carboxylic acids is 4. The van der Waals surface area contributed by atoms with E-state index in [0.29, 0.717) is 26.9 Å². The van der Waals surface area contributed by atoms with Crippen molar-refractivity contribution < 1.29 is 24.5 Å². The number of hydrogen-bond donors (Lipinski definition) is 3. The largest absolute Gasteiger partial charge is 0.370 e. The summed E-state index contributed by atoms with van der Waals surface area (Å²) >= 11 is 12.6. The highest BCUT2D eigenvalue weighted by Crippen LogP contribution is 2.51. The van der Waals surface area contributed by atoms with Gasteiger partial charge in [-0.15, -0.1) is 0 Å². The number of halogens is 2. The molecule has 5 N–H and O–H groups in total. The van der Waals surface area contributed by atoms with Crippen LogP contribution in [-0.2, 0) is 31.3 Å². The first-order valence-corrected chi connectivity index (χ1v) is 11.8. The molecule has 3 aliphatic rings. The molecule has 3 heterocycles. The Morgan fingerprint density at radius 3 is 2.62 bits per heavy atom. The molecule has 0 saturated carbocycles. The second-order valence-electron chi connectivity index (χ2n) is 9.16. The van der Waals surface area contributed by atoms with Crippen molar-refractivity contribution in [2.45, 2.75) is 37.9 Å². The molecule has 2 fully saturated rings. The molecule has 0 aromatic heterocycles. The number of imide groups is 1. The van der Waals surface area contributed by atoms with Gasteiger partial charge in [-0.2, -0.15) is 0 Å². The number of rotatable bonds is 5. The number of hydrogen-bond acceptors (Lipinski definition) is 4. The third-order valence-corrected chi connectivity index (χ3v) is 7.83. The Morgan fingerprint density at radius 2 is 1.91 bits per heavy atom. The van der Waals surface area contributed by atoms with Crippen LogP contribution in [-0.4, -0.2) is 34.6 Å². The average Bonchev–Trinajstić information content (AvgIpc) is 3.35. The maximum absolute atomic E-state index is 13.8. The second-order valence-corrected chi connectivity index (χ2v) is 10.0. The van der Waals surface area contributed by atoms with Crippen molar-refractivity contribution in [3.05, 3.63) is 63.1 Å². The van der Waals surface area contributed by atoms with Crippen LogP contribution in [0.4, 0.5) is 5.69 Å². The maximum Gasteiger partial charge on any atom is 0.291 e. The zero-order valence-corrected chi connectivity index (χ0v) is 19.8. The minimum Gasteiger partial charge on any atom is -0.370 e. The Kier molecular flexibility index (Phi) is 5.42. The number of carbonyl (C=O) groups is 4. The second kappa shape index (κ2) is 8.08. The standard InChI is InChI=1S/C24H22Cl2N4O4/c1-11-8-13(25)9-14-20(11)28-23(34)24(14)19-18(16(29-24)6-7-17(27)31)21(32)30(22(19)33)10-12-4-2-3-5-15(12)26/h2-5,8-9,16,18-19,29H,6-7,10H2,1H3,(H2,27,31)(H,28,34)/p+1/t16-,18-,19+,24-/m1/s1. The first kappa shape index (κ1) is 22.8. The lowest BCUT2D eigenvalue weighted by atomic mass is 9.76. The smallest absolute Gasteiger partial charge is 0.291 e. The zero-order valence-electron chi connectivity index (χ0n) is 18.3. The summed E-state index contributed by atoms with van der Waals surface area (Å²) in [7, 11) is 0. The van der Waals surface area contributed by atoms with Gasteiger partial charge in [0, 0.05) is 28.5 Å². The van der Waals surface area contributed by atoms with E-state index in [4.69, 9.17) is 28.9 Å². The summed E-state index contributed by atoms with van der Waals surface area (Å²) in [4.78, 5) is 53.7. The molecule has 0 aliphatic carbocycles. The molecule has 10 heteroatoms. The van der Waals surface area contributed by atoms with E-state index in [9.17, 15) is 19.2 Å². The molecule has 3 aliphatic heterocycles. The topological polar surface area (TPSA) is 126 Å². The van der Waals surface area contributed by atoms with E-state index in [1.165, 1.54) is 4.90 Å². The Bertz CT molecular complexity index is 1270. The van der Waals surface area contributed by atoms with Crippen LogP contribution in [0.2, 0.25) is 10.0 Å². The molecule has 2 saturated heterocycles. The average molecular weight is 502 g/mol. The van der Waals surface area contributed by atoms with Crippen molar-refractivity contribution in [2.75, 3.05) is 5.32 Å². The van der Waals surface area contributed by atoms with E-state index in [-0.39, 0.29) is 31.2 Å². The molecule has 176 valence electrons. The van der Waals surface area contributed by atoms with Gasteiger partial charge in [0.1, 0.15) is 17.9 Å². The lowest BCUT2D eigenvalue weighted by molar-refractivity contribution is -0.734. The van der Waals surface area contributed by atoms with Crippen LogP contribution in [0.25, 0.3) is 0 Å². The van der Waals surface area contributed by atoms with E-state index in [1.54, 1.807) is 41.7 Å². The van der Waals surface area contributed by atoms with Gasteiger partial charge in [0.15, 0.2) is 0 Å². The summed E-state index contributed by atoms with van der Waals surface area (Å²) in [6.07, 6.45) is 0.300. The Labute approximate surface area is 205 Å². The number of benzene rings is 2. The van der Waals surface area contributed by atoms with Gasteiger partial charge in [0.05, 0.1) is 12.2 Å². The van der Waals surface area contributed by atoms with E-state index >= 15 is 0 Å². The molecule has 4 atom stereocenters. The lowest BCUT2D eigenvalue weighted by Crippen LogP contribution is -2.99. The fraction of sp³-hybridized carbons (Fsp3) is 0.333. The Morgan fingerprint density at radius 1 is 1.18 bits per heavy atom. The van der Waals surface area contributed by atoms with Gasteiger partial charge in [-0.1, -0.05) is 41.4 Å². The van der Waals surface area contributed by atoms with Gasteiger partial charge in [-0.3, -0.25) is 24.1 Å². The van der Waals surface area contributed by atoms with Crippen molar-refractivity contribution in [1.29, 1.82) is 0 Å². The third-order valence-electron chi connectivity index (χ3n) is 7.24. The highest BCUT2D eigenvalue weighted by molar-refractivity contribution is 6.31. The lowest BCUT2D eigenvalue weighted by Gasteiger charge is -2.26. The predicted molar refractivity (Wildman–Crippen MR) is 125 cm³/mol. The first-order valence-electron chi connectivity index (χ1n) is 11.0. The summed E-state index contributed by atoms with van der Waals surface area (Å²) in [6, 6.07) is 9.93. The number of nitrogens with one attached hydrogen (secondary N) is 1. The molecule has 0 radical (unpaired) electrons. The van der Waals surface area contributed by atoms with Gasteiger partial charge in [-0.05, 0) is 36.2 Å². The zero-order chi connectivity index (χ0) is 24.4. The summed E-state index contributed by atoms with van der Waals surface area (Å²) in [5.41, 5.74) is 6.60. The first-order chi connectivity index (χ1) is 16.1. The minimum atomic E-state index is -1.36. The molecule has 0 bridgehead atoms. The molecular weight excluding hydrogens is 479 g/mol. The highest BCUT2D eigenvalue weighted by Gasteiger charge is 2.74. The number of amides is 4. The van der Waals surface area contributed by atoms with E-state index < -0.39 is 35.2 Å². The highest BCUT2D eigenvalue weighted by atomic mass is 35.5. The van der Waals surface area contributed by atoms with Crippen LogP contribution in [0.5, 0.6) is 0 Å². The normalized spacial score (nSPS) is 27.3. The number of nitrogens with zero attached hydrogens (tertiary/aromatic N) is 1. The molecule has 8 nitrogen and oxygen atoms in total. The number of nitrogens with two attached hydrogens (primary N) is 2. The fourth-order valence-electron chi connectivity index (χ4n) is 5.78. The van der Waals surface area contributed by atoms with Crippen molar-refractivity contribution in [3.63, 3.8) is 0 Å². The molecule has 34 heavy (non-hydrogen) atoms. The van der Waals surface area contributed by atoms with Crippen LogP contribution >= 0.6 is 23.2 Å². The van der Waals surface area contributed by atoms with E-state index in [0.717, 1.165) is 5.56 Å². The van der Waals surface area contributed by atoms with Crippen LogP contribution in [0.15, 0.2) is 36.4 Å². The summed E-state index contributed by atoms with van der Waals surface area (Å²) < 4.78 is 0. The van der Waals surface area contributed by atoms with Crippen molar-refractivity contribution in [3.8, 4) is 0 Å². The predicted octanol–water partition coefficient (Wildman–Crippen LogP) is 1.46. The van der Waals surface area contributed by atoms with Gasteiger partial charge >= 0.3 is 0 Å². The molecule has 0 unspecified atom stereocenters. The Hall–Kier alpha value is -2.94. The van der Waals surface area contributed by atoms with Crippen molar-refractivity contribution in [2.24, 2.45) is 17.6 Å². The fourth-order valence-corrected chi connectivity index (χ4v) is 6.25. The summed E-state index contributed by atoms with van der Waals surface area (Å²) in [5.74, 6) is -3.42. The van der Waals surface area contributed by atoms with Crippen molar-refractivity contribution in [1.82, 2.24) is 4.90 Å². The quantitative estimate of drug-likeness (QED) is 0.536. The summed E-state index contributed by atoms with van der Waals surface area (Å²) in [6.45, 7) is 1.83. The van der Waals surface area contributed by atoms with Gasteiger partial charge < -0.3 is 16.4 Å². The molecular formula is C24H23Cl2N4O4+. The monoisotopic (exact) mass is 501 g/mol. The van der Waals surface area contributed by atoms with Crippen LogP contribution in [0.3, 0.4) is 0 Å². The molecule has 2 aromatic rings. The molecule has 1 spiro atoms.